The minimum atomic E-state index is 0.871. The third kappa shape index (κ3) is 5.12. The van der Waals surface area contributed by atoms with Crippen molar-refractivity contribution in [3.05, 3.63) is 194 Å². The van der Waals surface area contributed by atoms with Gasteiger partial charge in [-0.3, -0.25) is 0 Å². The monoisotopic (exact) mass is 684 g/mol. The average molecular weight is 685 g/mol. The Balaban J connectivity index is 1.20. The number of anilines is 6. The molecule has 52 heavy (non-hydrogen) atoms. The number of para-hydroxylation sites is 3. The van der Waals surface area contributed by atoms with E-state index in [1.165, 1.54) is 31.3 Å². The van der Waals surface area contributed by atoms with E-state index in [4.69, 9.17) is 4.42 Å². The Morgan fingerprint density at radius 3 is 1.65 bits per heavy atom. The van der Waals surface area contributed by atoms with Gasteiger partial charge in [0.05, 0.1) is 16.1 Å². The van der Waals surface area contributed by atoms with Gasteiger partial charge < -0.3 is 14.2 Å². The van der Waals surface area contributed by atoms with Crippen LogP contribution in [0.1, 0.15) is 0 Å². The SMILES string of the molecule is c1ccc(-c2ccc(N(c3ccc4c(c3)oc3ccccc34)c3cccc4sc5c(N(c6ccccc6)c6ccccc6)cccc5c34)cc2)cc1. The molecule has 0 saturated heterocycles. The number of rotatable bonds is 7. The second-order valence-corrected chi connectivity index (χ2v) is 14.0. The molecule has 2 aromatic heterocycles. The van der Waals surface area contributed by atoms with Gasteiger partial charge in [-0.25, -0.2) is 0 Å². The summed E-state index contributed by atoms with van der Waals surface area (Å²) in [7, 11) is 0. The van der Waals surface area contributed by atoms with Crippen molar-refractivity contribution in [3.63, 3.8) is 0 Å². The molecule has 0 unspecified atom stereocenters. The highest BCUT2D eigenvalue weighted by atomic mass is 32.1. The van der Waals surface area contributed by atoms with Crippen molar-refractivity contribution >= 4 is 87.6 Å². The van der Waals surface area contributed by atoms with Crippen molar-refractivity contribution in [2.75, 3.05) is 9.80 Å². The smallest absolute Gasteiger partial charge is 0.137 e. The third-order valence-electron chi connectivity index (χ3n) is 9.84. The molecule has 0 amide bonds. The van der Waals surface area contributed by atoms with Crippen molar-refractivity contribution in [1.29, 1.82) is 0 Å². The molecule has 0 aliphatic heterocycles. The van der Waals surface area contributed by atoms with E-state index in [1.807, 2.05) is 23.5 Å². The predicted octanol–water partition coefficient (Wildman–Crippen LogP) is 14.6. The van der Waals surface area contributed by atoms with E-state index in [2.05, 4.69) is 192 Å². The summed E-state index contributed by atoms with van der Waals surface area (Å²) in [5.74, 6) is 0. The lowest BCUT2D eigenvalue weighted by Crippen LogP contribution is -2.10. The van der Waals surface area contributed by atoms with Gasteiger partial charge in [-0.2, -0.15) is 0 Å². The molecule has 10 aromatic rings. The highest BCUT2D eigenvalue weighted by Crippen LogP contribution is 2.49. The molecule has 0 radical (unpaired) electrons. The summed E-state index contributed by atoms with van der Waals surface area (Å²) >= 11 is 1.85. The summed E-state index contributed by atoms with van der Waals surface area (Å²) in [6.07, 6.45) is 0. The first-order valence-corrected chi connectivity index (χ1v) is 18.3. The minimum Gasteiger partial charge on any atom is -0.456 e. The zero-order chi connectivity index (χ0) is 34.4. The van der Waals surface area contributed by atoms with Crippen molar-refractivity contribution in [2.45, 2.75) is 0 Å². The van der Waals surface area contributed by atoms with E-state index in [0.29, 0.717) is 0 Å². The van der Waals surface area contributed by atoms with Crippen LogP contribution in [0.4, 0.5) is 34.1 Å². The summed E-state index contributed by atoms with van der Waals surface area (Å²) in [6, 6.07) is 69.0. The molecular weight excluding hydrogens is 653 g/mol. The minimum absolute atomic E-state index is 0.871. The normalized spacial score (nSPS) is 11.5. The molecule has 0 atom stereocenters. The largest absolute Gasteiger partial charge is 0.456 e. The topological polar surface area (TPSA) is 19.6 Å². The van der Waals surface area contributed by atoms with Crippen LogP contribution in [0.15, 0.2) is 199 Å². The second-order valence-electron chi connectivity index (χ2n) is 12.9. The average Bonchev–Trinajstić information content (AvgIpc) is 3.79. The predicted molar refractivity (Wildman–Crippen MR) is 221 cm³/mol. The van der Waals surface area contributed by atoms with Crippen molar-refractivity contribution in [3.8, 4) is 11.1 Å². The number of benzene rings is 8. The summed E-state index contributed by atoms with van der Waals surface area (Å²) in [4.78, 5) is 4.75. The van der Waals surface area contributed by atoms with Crippen LogP contribution in [0.3, 0.4) is 0 Å². The summed E-state index contributed by atoms with van der Waals surface area (Å²) in [5.41, 5.74) is 10.8. The zero-order valence-electron chi connectivity index (χ0n) is 28.2. The van der Waals surface area contributed by atoms with Gasteiger partial charge in [-0.15, -0.1) is 11.3 Å². The number of hydrogen-bond acceptors (Lipinski definition) is 4. The molecule has 4 heteroatoms. The Labute approximate surface area is 305 Å². The Kier molecular flexibility index (Phi) is 7.33. The van der Waals surface area contributed by atoms with Crippen LogP contribution in [0.2, 0.25) is 0 Å². The van der Waals surface area contributed by atoms with Crippen LogP contribution in [-0.2, 0) is 0 Å². The van der Waals surface area contributed by atoms with Crippen LogP contribution < -0.4 is 9.80 Å². The standard InChI is InChI=1S/C48H32N2OS/c1-4-14-33(15-5-1)34-26-28-37(29-27-34)50(38-30-31-40-39-20-10-11-24-44(39)51-45(40)32-38)42-22-13-25-46-47(42)41-21-12-23-43(48(41)52-46)49(35-16-6-2-7-17-35)36-18-8-3-9-19-36/h1-32H. The number of thiophene rings is 1. The van der Waals surface area contributed by atoms with Crippen LogP contribution in [0.25, 0.3) is 53.2 Å². The van der Waals surface area contributed by atoms with E-state index >= 15 is 0 Å². The molecule has 0 spiro atoms. The van der Waals surface area contributed by atoms with Crippen LogP contribution >= 0.6 is 11.3 Å². The van der Waals surface area contributed by atoms with Crippen molar-refractivity contribution in [1.82, 2.24) is 0 Å². The summed E-state index contributed by atoms with van der Waals surface area (Å²) < 4.78 is 8.90. The molecule has 0 aliphatic carbocycles. The zero-order valence-corrected chi connectivity index (χ0v) is 29.0. The lowest BCUT2D eigenvalue weighted by Gasteiger charge is -2.27. The van der Waals surface area contributed by atoms with Crippen LogP contribution in [0.5, 0.6) is 0 Å². The molecule has 2 heterocycles. The maximum absolute atomic E-state index is 6.43. The van der Waals surface area contributed by atoms with E-state index in [1.54, 1.807) is 0 Å². The number of fused-ring (bicyclic) bond motifs is 6. The van der Waals surface area contributed by atoms with E-state index in [0.717, 1.165) is 56.1 Å². The Bertz CT molecular complexity index is 2800. The fraction of sp³-hybridized carbons (Fsp3) is 0. The first kappa shape index (κ1) is 30.2. The fourth-order valence-electron chi connectivity index (χ4n) is 7.47. The molecule has 0 bridgehead atoms. The number of furan rings is 1. The lowest BCUT2D eigenvalue weighted by atomic mass is 10.0. The van der Waals surface area contributed by atoms with E-state index in [9.17, 15) is 0 Å². The molecule has 0 N–H and O–H groups in total. The lowest BCUT2D eigenvalue weighted by molar-refractivity contribution is 0.669. The van der Waals surface area contributed by atoms with Gasteiger partial charge in [-0.1, -0.05) is 115 Å². The maximum Gasteiger partial charge on any atom is 0.137 e. The molecule has 10 rings (SSSR count). The Hall–Kier alpha value is -6.62. The van der Waals surface area contributed by atoms with Crippen LogP contribution in [-0.4, -0.2) is 0 Å². The van der Waals surface area contributed by atoms with Gasteiger partial charge >= 0.3 is 0 Å². The van der Waals surface area contributed by atoms with Gasteiger partial charge in [0, 0.05) is 55.1 Å². The Morgan fingerprint density at radius 1 is 0.365 bits per heavy atom. The van der Waals surface area contributed by atoms with Crippen molar-refractivity contribution in [2.24, 2.45) is 0 Å². The summed E-state index contributed by atoms with van der Waals surface area (Å²) in [5, 5.41) is 4.69. The molecule has 246 valence electrons. The molecule has 8 aromatic carbocycles. The van der Waals surface area contributed by atoms with Gasteiger partial charge in [0.2, 0.25) is 0 Å². The molecule has 0 aliphatic rings. The third-order valence-corrected chi connectivity index (χ3v) is 11.0. The highest BCUT2D eigenvalue weighted by Gasteiger charge is 2.23. The quantitative estimate of drug-likeness (QED) is 0.167. The second kappa shape index (κ2) is 12.6. The number of nitrogens with zero attached hydrogens (tertiary/aromatic N) is 2. The fourth-order valence-corrected chi connectivity index (χ4v) is 8.70. The maximum atomic E-state index is 6.43. The highest BCUT2D eigenvalue weighted by molar-refractivity contribution is 7.26. The Morgan fingerprint density at radius 2 is 0.904 bits per heavy atom. The van der Waals surface area contributed by atoms with Gasteiger partial charge in [0.1, 0.15) is 11.2 Å². The first-order valence-electron chi connectivity index (χ1n) is 17.5. The molecular formula is C48H32N2OS. The molecule has 3 nitrogen and oxygen atoms in total. The molecule has 0 saturated carbocycles. The first-order chi connectivity index (χ1) is 25.8. The van der Waals surface area contributed by atoms with E-state index < -0.39 is 0 Å². The van der Waals surface area contributed by atoms with Gasteiger partial charge in [0.25, 0.3) is 0 Å². The van der Waals surface area contributed by atoms with Gasteiger partial charge in [0.15, 0.2) is 0 Å². The number of hydrogen-bond donors (Lipinski definition) is 0. The summed E-state index contributed by atoms with van der Waals surface area (Å²) in [6.45, 7) is 0. The molecule has 0 fully saturated rings. The van der Waals surface area contributed by atoms with E-state index in [-0.39, 0.29) is 0 Å². The van der Waals surface area contributed by atoms with Crippen LogP contribution in [0, 0.1) is 0 Å². The van der Waals surface area contributed by atoms with Gasteiger partial charge in [-0.05, 0) is 83.9 Å². The van der Waals surface area contributed by atoms with Crippen molar-refractivity contribution < 1.29 is 4.42 Å².